The molecule has 0 aliphatic rings. The summed E-state index contributed by atoms with van der Waals surface area (Å²) >= 11 is 0. The van der Waals surface area contributed by atoms with Crippen LogP contribution in [0, 0.1) is 0 Å². The Morgan fingerprint density at radius 1 is 1.16 bits per heavy atom. The molecule has 0 bridgehead atoms. The second-order valence-electron chi connectivity index (χ2n) is 3.84. The monoisotopic (exact) mass is 256 g/mol. The molecule has 8 heteroatoms. The van der Waals surface area contributed by atoms with Gasteiger partial charge >= 0.3 is 0 Å². The molecule has 0 unspecified atom stereocenters. The molecule has 0 saturated heterocycles. The van der Waals surface area contributed by atoms with Gasteiger partial charge in [0.05, 0.1) is 0 Å². The summed E-state index contributed by atoms with van der Waals surface area (Å²) in [5, 5.41) is 7.04. The van der Waals surface area contributed by atoms with Crippen molar-refractivity contribution in [3.8, 4) is 17.5 Å². The van der Waals surface area contributed by atoms with Gasteiger partial charge in [-0.1, -0.05) is 0 Å². The van der Waals surface area contributed by atoms with Gasteiger partial charge in [-0.15, -0.1) is 0 Å². The van der Waals surface area contributed by atoms with E-state index in [0.717, 1.165) is 5.69 Å². The van der Waals surface area contributed by atoms with Crippen molar-refractivity contribution in [1.82, 2.24) is 34.3 Å². The summed E-state index contributed by atoms with van der Waals surface area (Å²) in [6.45, 7) is 0. The molecule has 3 aromatic heterocycles. The summed E-state index contributed by atoms with van der Waals surface area (Å²) in [6, 6.07) is 1.85. The van der Waals surface area contributed by atoms with Crippen molar-refractivity contribution in [2.75, 3.05) is 12.4 Å². The van der Waals surface area contributed by atoms with Crippen molar-refractivity contribution in [2.24, 2.45) is 7.05 Å². The van der Waals surface area contributed by atoms with Gasteiger partial charge < -0.3 is 5.32 Å². The maximum Gasteiger partial charge on any atom is 0.240 e. The van der Waals surface area contributed by atoms with Crippen molar-refractivity contribution < 1.29 is 0 Å². The number of aromatic nitrogens is 7. The fraction of sp³-hybridized carbons (Fsp3) is 0.182. The summed E-state index contributed by atoms with van der Waals surface area (Å²) in [5.41, 5.74) is 0.820. The van der Waals surface area contributed by atoms with Gasteiger partial charge in [0, 0.05) is 32.7 Å². The first-order valence-corrected chi connectivity index (χ1v) is 5.68. The Kier molecular flexibility index (Phi) is 2.67. The number of hydrogen-bond donors (Lipinski definition) is 1. The van der Waals surface area contributed by atoms with Crippen molar-refractivity contribution in [2.45, 2.75) is 0 Å². The fourth-order valence-electron chi connectivity index (χ4n) is 1.68. The molecule has 19 heavy (non-hydrogen) atoms. The largest absolute Gasteiger partial charge is 0.357 e. The number of nitrogens with one attached hydrogen (secondary N) is 1. The third-order valence-electron chi connectivity index (χ3n) is 2.63. The van der Waals surface area contributed by atoms with Crippen LogP contribution in [-0.4, -0.2) is 41.3 Å². The third-order valence-corrected chi connectivity index (χ3v) is 2.63. The minimum Gasteiger partial charge on any atom is -0.357 e. The predicted molar refractivity (Wildman–Crippen MR) is 68.7 cm³/mol. The molecule has 1 N–H and O–H groups in total. The van der Waals surface area contributed by atoms with Gasteiger partial charge in [-0.2, -0.15) is 20.1 Å². The summed E-state index contributed by atoms with van der Waals surface area (Å²) in [7, 11) is 3.61. The van der Waals surface area contributed by atoms with E-state index in [4.69, 9.17) is 0 Å². The van der Waals surface area contributed by atoms with Crippen LogP contribution in [0.15, 0.2) is 31.0 Å². The molecular formula is C11H12N8. The van der Waals surface area contributed by atoms with E-state index >= 15 is 0 Å². The minimum absolute atomic E-state index is 0.495. The van der Waals surface area contributed by atoms with E-state index in [-0.39, 0.29) is 0 Å². The van der Waals surface area contributed by atoms with Crippen molar-refractivity contribution in [3.05, 3.63) is 31.0 Å². The Labute approximate surface area is 109 Å². The first-order chi connectivity index (χ1) is 9.28. The molecular weight excluding hydrogens is 244 g/mol. The van der Waals surface area contributed by atoms with Gasteiger partial charge in [-0.05, 0) is 6.07 Å². The predicted octanol–water partition coefficient (Wildman–Crippen LogP) is 0.499. The van der Waals surface area contributed by atoms with Crippen molar-refractivity contribution >= 4 is 5.95 Å². The van der Waals surface area contributed by atoms with Gasteiger partial charge in [-0.25, -0.2) is 4.98 Å². The summed E-state index contributed by atoms with van der Waals surface area (Å²) in [6.07, 6.45) is 6.80. The summed E-state index contributed by atoms with van der Waals surface area (Å²) in [5.74, 6) is 1.56. The average molecular weight is 256 g/mol. The zero-order chi connectivity index (χ0) is 13.2. The van der Waals surface area contributed by atoms with Gasteiger partial charge in [0.15, 0.2) is 5.82 Å². The number of rotatable bonds is 3. The molecule has 0 fully saturated rings. The Bertz CT molecular complexity index is 685. The summed E-state index contributed by atoms with van der Waals surface area (Å²) < 4.78 is 3.44. The molecule has 0 spiro atoms. The van der Waals surface area contributed by atoms with E-state index in [1.807, 2.05) is 13.1 Å². The molecule has 0 radical (unpaired) electrons. The van der Waals surface area contributed by atoms with Crippen LogP contribution in [-0.2, 0) is 7.05 Å². The molecule has 0 aliphatic heterocycles. The normalized spacial score (nSPS) is 10.6. The van der Waals surface area contributed by atoms with Crippen LogP contribution in [0.2, 0.25) is 0 Å². The van der Waals surface area contributed by atoms with E-state index in [1.54, 1.807) is 41.2 Å². The van der Waals surface area contributed by atoms with Gasteiger partial charge in [-0.3, -0.25) is 9.25 Å². The first kappa shape index (κ1) is 11.3. The molecule has 0 aliphatic carbocycles. The van der Waals surface area contributed by atoms with Crippen molar-refractivity contribution in [3.63, 3.8) is 0 Å². The fourth-order valence-corrected chi connectivity index (χ4v) is 1.68. The van der Waals surface area contributed by atoms with Gasteiger partial charge in [0.1, 0.15) is 12.0 Å². The SMILES string of the molecule is CNc1nc(-c2ccnn2C)nc(-n2ccnc2)n1. The molecule has 3 rings (SSSR count). The number of anilines is 1. The molecule has 8 nitrogen and oxygen atoms in total. The highest BCUT2D eigenvalue weighted by atomic mass is 15.3. The van der Waals surface area contributed by atoms with E-state index in [1.165, 1.54) is 0 Å². The Morgan fingerprint density at radius 3 is 2.68 bits per heavy atom. The highest BCUT2D eigenvalue weighted by Gasteiger charge is 2.11. The molecule has 3 heterocycles. The molecule has 0 atom stereocenters. The second-order valence-corrected chi connectivity index (χ2v) is 3.84. The van der Waals surface area contributed by atoms with E-state index in [2.05, 4.69) is 30.4 Å². The Morgan fingerprint density at radius 2 is 2.05 bits per heavy atom. The second kappa shape index (κ2) is 4.48. The van der Waals surface area contributed by atoms with E-state index in [9.17, 15) is 0 Å². The Balaban J connectivity index is 2.16. The zero-order valence-electron chi connectivity index (χ0n) is 10.5. The van der Waals surface area contributed by atoms with Crippen LogP contribution in [0.25, 0.3) is 17.5 Å². The topological polar surface area (TPSA) is 86.3 Å². The van der Waals surface area contributed by atoms with Gasteiger partial charge in [0.25, 0.3) is 0 Å². The first-order valence-electron chi connectivity index (χ1n) is 5.68. The molecule has 0 aromatic carbocycles. The van der Waals surface area contributed by atoms with Crippen molar-refractivity contribution in [1.29, 1.82) is 0 Å². The smallest absolute Gasteiger partial charge is 0.240 e. The van der Waals surface area contributed by atoms with Crippen LogP contribution >= 0.6 is 0 Å². The lowest BCUT2D eigenvalue weighted by atomic mass is 10.4. The number of aryl methyl sites for hydroxylation is 1. The standard InChI is InChI=1S/C11H12N8/c1-12-10-15-9(8-3-4-14-18(8)2)16-11(17-10)19-6-5-13-7-19/h3-7H,1-2H3,(H,12,15,16,17). The summed E-state index contributed by atoms with van der Waals surface area (Å²) in [4.78, 5) is 17.0. The molecule has 0 saturated carbocycles. The molecule has 3 aromatic rings. The number of hydrogen-bond acceptors (Lipinski definition) is 6. The zero-order valence-corrected chi connectivity index (χ0v) is 10.5. The van der Waals surface area contributed by atoms with Crippen LogP contribution in [0.5, 0.6) is 0 Å². The maximum atomic E-state index is 4.43. The van der Waals surface area contributed by atoms with E-state index in [0.29, 0.717) is 17.7 Å². The highest BCUT2D eigenvalue weighted by Crippen LogP contribution is 2.16. The number of imidazole rings is 1. The van der Waals surface area contributed by atoms with Crippen LogP contribution < -0.4 is 5.32 Å². The minimum atomic E-state index is 0.495. The van der Waals surface area contributed by atoms with Crippen LogP contribution in [0.1, 0.15) is 0 Å². The molecule has 96 valence electrons. The number of nitrogens with zero attached hydrogens (tertiary/aromatic N) is 7. The van der Waals surface area contributed by atoms with E-state index < -0.39 is 0 Å². The van der Waals surface area contributed by atoms with Crippen LogP contribution in [0.4, 0.5) is 5.95 Å². The lowest BCUT2D eigenvalue weighted by Gasteiger charge is -2.07. The van der Waals surface area contributed by atoms with Crippen LogP contribution in [0.3, 0.4) is 0 Å². The maximum absolute atomic E-state index is 4.43. The lowest BCUT2D eigenvalue weighted by Crippen LogP contribution is -2.08. The third kappa shape index (κ3) is 2.03. The lowest BCUT2D eigenvalue weighted by molar-refractivity contribution is 0.766. The quantitative estimate of drug-likeness (QED) is 0.734. The highest BCUT2D eigenvalue weighted by molar-refractivity contribution is 5.51. The Hall–Kier alpha value is -2.77. The van der Waals surface area contributed by atoms with Gasteiger partial charge in [0.2, 0.25) is 11.9 Å². The average Bonchev–Trinajstić information content (AvgIpc) is 3.09. The molecule has 0 amide bonds.